The maximum absolute atomic E-state index is 2.44. The van der Waals surface area contributed by atoms with Gasteiger partial charge < -0.3 is 0 Å². The van der Waals surface area contributed by atoms with E-state index in [1.54, 1.807) is 27.8 Å². The minimum absolute atomic E-state index is 0.884. The first kappa shape index (κ1) is 12.3. The summed E-state index contributed by atoms with van der Waals surface area (Å²) < 4.78 is 0. The van der Waals surface area contributed by atoms with Crippen molar-refractivity contribution in [2.24, 2.45) is 11.8 Å². The van der Waals surface area contributed by atoms with Crippen LogP contribution in [0.1, 0.15) is 65.5 Å². The van der Waals surface area contributed by atoms with Crippen molar-refractivity contribution in [1.29, 1.82) is 0 Å². The Morgan fingerprint density at radius 2 is 1.50 bits per heavy atom. The molecule has 0 spiro atoms. The maximum Gasteiger partial charge on any atom is -0.0125 e. The first-order chi connectivity index (χ1) is 8.50. The van der Waals surface area contributed by atoms with Crippen molar-refractivity contribution in [3.63, 3.8) is 0 Å². The Balaban J connectivity index is 2.13. The predicted molar refractivity (Wildman–Crippen MR) is 78.3 cm³/mol. The van der Waals surface area contributed by atoms with Crippen molar-refractivity contribution in [2.75, 3.05) is 0 Å². The van der Waals surface area contributed by atoms with Crippen LogP contribution in [0.5, 0.6) is 0 Å². The Labute approximate surface area is 112 Å². The van der Waals surface area contributed by atoms with Gasteiger partial charge in [0.05, 0.1) is 0 Å². The minimum atomic E-state index is 0.884. The van der Waals surface area contributed by atoms with Crippen LogP contribution in [0.15, 0.2) is 0 Å². The van der Waals surface area contributed by atoms with Crippen LogP contribution in [0.3, 0.4) is 0 Å². The first-order valence-corrected chi connectivity index (χ1v) is 7.59. The van der Waals surface area contributed by atoms with Gasteiger partial charge in [0.25, 0.3) is 0 Å². The lowest BCUT2D eigenvalue weighted by Crippen LogP contribution is -2.19. The molecule has 0 amide bonds. The van der Waals surface area contributed by atoms with E-state index in [-0.39, 0.29) is 0 Å². The lowest BCUT2D eigenvalue weighted by Gasteiger charge is -2.31. The molecule has 0 N–H and O–H groups in total. The molecule has 0 nitrogen and oxygen atoms in total. The van der Waals surface area contributed by atoms with Gasteiger partial charge in [0.15, 0.2) is 0 Å². The highest BCUT2D eigenvalue weighted by Gasteiger charge is 2.38. The Bertz CT molecular complexity index is 495. The van der Waals surface area contributed by atoms with Crippen LogP contribution >= 0.6 is 0 Å². The van der Waals surface area contributed by atoms with Crippen LogP contribution < -0.4 is 0 Å². The van der Waals surface area contributed by atoms with Gasteiger partial charge in [-0.3, -0.25) is 0 Å². The van der Waals surface area contributed by atoms with Crippen LogP contribution in [-0.4, -0.2) is 0 Å². The molecule has 0 aromatic heterocycles. The van der Waals surface area contributed by atoms with Crippen molar-refractivity contribution < 1.29 is 0 Å². The molecule has 2 unspecified atom stereocenters. The van der Waals surface area contributed by atoms with Gasteiger partial charge in [-0.15, -0.1) is 0 Å². The molecule has 98 valence electrons. The van der Waals surface area contributed by atoms with Crippen molar-refractivity contribution in [3.05, 3.63) is 33.4 Å². The highest BCUT2D eigenvalue weighted by Crippen LogP contribution is 2.51. The maximum atomic E-state index is 2.44. The molecular formula is C18H26. The summed E-state index contributed by atoms with van der Waals surface area (Å²) in [7, 11) is 0. The second kappa shape index (κ2) is 4.11. The molecule has 0 saturated heterocycles. The molecule has 0 bridgehead atoms. The fourth-order valence-electron chi connectivity index (χ4n) is 4.55. The summed E-state index contributed by atoms with van der Waals surface area (Å²) in [6.07, 6.45) is 5.68. The highest BCUT2D eigenvalue weighted by atomic mass is 14.4. The van der Waals surface area contributed by atoms with E-state index < -0.39 is 0 Å². The molecule has 1 saturated carbocycles. The smallest absolute Gasteiger partial charge is 0.0125 e. The van der Waals surface area contributed by atoms with E-state index in [1.807, 2.05) is 0 Å². The van der Waals surface area contributed by atoms with Gasteiger partial charge in [-0.25, -0.2) is 0 Å². The molecule has 1 aromatic rings. The van der Waals surface area contributed by atoms with Gasteiger partial charge in [-0.2, -0.15) is 0 Å². The van der Waals surface area contributed by atoms with Crippen LogP contribution in [0.4, 0.5) is 0 Å². The molecule has 0 aliphatic heterocycles. The molecular weight excluding hydrogens is 216 g/mol. The lowest BCUT2D eigenvalue weighted by atomic mass is 9.74. The van der Waals surface area contributed by atoms with Gasteiger partial charge in [-0.05, 0) is 98.1 Å². The third kappa shape index (κ3) is 1.57. The number of rotatable bonds is 0. The zero-order chi connectivity index (χ0) is 13.0. The van der Waals surface area contributed by atoms with Crippen LogP contribution in [0.2, 0.25) is 0 Å². The summed E-state index contributed by atoms with van der Waals surface area (Å²) in [4.78, 5) is 0. The molecule has 0 heterocycles. The van der Waals surface area contributed by atoms with E-state index in [1.165, 1.54) is 31.2 Å². The normalized spacial score (nSPS) is 30.2. The highest BCUT2D eigenvalue weighted by molar-refractivity contribution is 5.54. The summed E-state index contributed by atoms with van der Waals surface area (Å²) in [5.41, 5.74) is 9.76. The molecule has 0 radical (unpaired) electrons. The van der Waals surface area contributed by atoms with E-state index in [2.05, 4.69) is 34.6 Å². The standard InChI is InChI=1S/C18H26/c1-10-6-7-16-15(8-10)9-17-13(4)11(2)12(3)14(5)18(16)17/h10,15-16H,6-9H2,1-5H3/t10?,15?,16-/m1/s1. The Morgan fingerprint density at radius 3 is 2.22 bits per heavy atom. The van der Waals surface area contributed by atoms with Crippen molar-refractivity contribution in [2.45, 2.75) is 66.2 Å². The Morgan fingerprint density at radius 1 is 0.833 bits per heavy atom. The van der Waals surface area contributed by atoms with Crippen LogP contribution in [-0.2, 0) is 6.42 Å². The molecule has 2 aliphatic rings. The Hall–Kier alpha value is -0.780. The number of benzene rings is 1. The summed E-state index contributed by atoms with van der Waals surface area (Å²) in [5.74, 6) is 2.78. The Kier molecular flexibility index (Phi) is 2.80. The van der Waals surface area contributed by atoms with Gasteiger partial charge in [-0.1, -0.05) is 13.3 Å². The van der Waals surface area contributed by atoms with Gasteiger partial charge in [0.1, 0.15) is 0 Å². The van der Waals surface area contributed by atoms with E-state index in [0.717, 1.165) is 17.8 Å². The average molecular weight is 242 g/mol. The minimum Gasteiger partial charge on any atom is -0.0625 e. The third-order valence-corrected chi connectivity index (χ3v) is 5.95. The quantitative estimate of drug-likeness (QED) is 0.601. The van der Waals surface area contributed by atoms with E-state index in [0.29, 0.717) is 0 Å². The number of hydrogen-bond acceptors (Lipinski definition) is 0. The largest absolute Gasteiger partial charge is 0.0625 e. The van der Waals surface area contributed by atoms with E-state index in [9.17, 15) is 0 Å². The lowest BCUT2D eigenvalue weighted by molar-refractivity contribution is 0.261. The summed E-state index contributed by atoms with van der Waals surface area (Å²) >= 11 is 0. The van der Waals surface area contributed by atoms with Gasteiger partial charge in [0, 0.05) is 0 Å². The second-order valence-corrected chi connectivity index (χ2v) is 6.88. The summed E-state index contributed by atoms with van der Waals surface area (Å²) in [6.45, 7) is 11.8. The molecule has 3 atom stereocenters. The summed E-state index contributed by atoms with van der Waals surface area (Å²) in [5, 5.41) is 0. The fraction of sp³-hybridized carbons (Fsp3) is 0.667. The zero-order valence-electron chi connectivity index (χ0n) is 12.6. The molecule has 0 heteroatoms. The van der Waals surface area contributed by atoms with Crippen molar-refractivity contribution in [3.8, 4) is 0 Å². The SMILES string of the molecule is Cc1c(C)c(C)c2c(c1C)CC1CC(C)CC[C@@H]21. The topological polar surface area (TPSA) is 0 Å². The van der Waals surface area contributed by atoms with Gasteiger partial charge >= 0.3 is 0 Å². The predicted octanol–water partition coefficient (Wildman–Crippen LogP) is 5.00. The van der Waals surface area contributed by atoms with E-state index >= 15 is 0 Å². The molecule has 18 heavy (non-hydrogen) atoms. The molecule has 2 aliphatic carbocycles. The van der Waals surface area contributed by atoms with Crippen molar-refractivity contribution in [1.82, 2.24) is 0 Å². The average Bonchev–Trinajstić information content (AvgIpc) is 2.72. The molecule has 1 fully saturated rings. The monoisotopic (exact) mass is 242 g/mol. The second-order valence-electron chi connectivity index (χ2n) is 6.88. The third-order valence-electron chi connectivity index (χ3n) is 5.95. The van der Waals surface area contributed by atoms with Gasteiger partial charge in [0.2, 0.25) is 0 Å². The van der Waals surface area contributed by atoms with Crippen LogP contribution in [0.25, 0.3) is 0 Å². The zero-order valence-corrected chi connectivity index (χ0v) is 12.6. The van der Waals surface area contributed by atoms with Crippen LogP contribution in [0, 0.1) is 39.5 Å². The molecule has 1 aromatic carbocycles. The number of fused-ring (bicyclic) bond motifs is 3. The van der Waals surface area contributed by atoms with E-state index in [4.69, 9.17) is 0 Å². The fourth-order valence-corrected chi connectivity index (χ4v) is 4.55. The molecule has 3 rings (SSSR count). The first-order valence-electron chi connectivity index (χ1n) is 7.59. The number of hydrogen-bond donors (Lipinski definition) is 0. The summed E-state index contributed by atoms with van der Waals surface area (Å²) in [6, 6.07) is 0. The van der Waals surface area contributed by atoms with Crippen molar-refractivity contribution >= 4 is 0 Å².